The number of ether oxygens (including phenoxy) is 4. The van der Waals surface area contributed by atoms with E-state index in [1.54, 1.807) is 50.3 Å². The highest BCUT2D eigenvalue weighted by molar-refractivity contribution is 6.39. The van der Waals surface area contributed by atoms with Gasteiger partial charge in [0.05, 0.1) is 30.6 Å². The standard InChI is InChI=1S/C34H43N3O9/c1-18-15-22-29(39)27(26(30(40)32(22)45-7)23-12-8-9-14-36-23)37-33(41)19(2)11-10-13-24(43-5)31(46-34(35)42)21(4)17-20(3)28(38)25(16-18)44-6/h8-14,17-18,20,24-25,28,31,38H,15-16H2,1-7H3,(H2,35,42)(H,37,41)/b13-10-,19-11-,21-17-/t18-,20+,24+,25+,28-,31+/m1/s1. The fraction of sp³-hybridized carbons (Fsp3) is 0.441. The lowest BCUT2D eigenvalue weighted by Crippen LogP contribution is -2.37. The molecule has 12 heteroatoms. The second kappa shape index (κ2) is 16.3. The van der Waals surface area contributed by atoms with Gasteiger partial charge in [-0.15, -0.1) is 0 Å². The van der Waals surface area contributed by atoms with Crippen molar-refractivity contribution in [2.75, 3.05) is 21.3 Å². The van der Waals surface area contributed by atoms with Crippen LogP contribution in [0.2, 0.25) is 0 Å². The molecule has 4 N–H and O–H groups in total. The number of nitrogens with zero attached hydrogens (tertiary/aromatic N) is 1. The number of hydrogen-bond acceptors (Lipinski definition) is 10. The molecule has 12 nitrogen and oxygen atoms in total. The number of aliphatic hydroxyl groups excluding tert-OH is 1. The number of nitrogens with one attached hydrogen (secondary N) is 1. The van der Waals surface area contributed by atoms with E-state index in [1.165, 1.54) is 40.5 Å². The molecular formula is C34H43N3O9. The van der Waals surface area contributed by atoms with E-state index in [-0.39, 0.29) is 46.2 Å². The van der Waals surface area contributed by atoms with Gasteiger partial charge in [0.15, 0.2) is 11.9 Å². The van der Waals surface area contributed by atoms with Crippen molar-refractivity contribution in [2.45, 2.75) is 65.0 Å². The van der Waals surface area contributed by atoms with Crippen LogP contribution < -0.4 is 11.1 Å². The van der Waals surface area contributed by atoms with Crippen molar-refractivity contribution in [1.29, 1.82) is 0 Å². The third kappa shape index (κ3) is 8.45. The van der Waals surface area contributed by atoms with Gasteiger partial charge in [-0.3, -0.25) is 19.4 Å². The van der Waals surface area contributed by atoms with Gasteiger partial charge in [-0.1, -0.05) is 44.2 Å². The highest BCUT2D eigenvalue weighted by atomic mass is 16.6. The van der Waals surface area contributed by atoms with Gasteiger partial charge in [-0.25, -0.2) is 4.79 Å². The second-order valence-electron chi connectivity index (χ2n) is 11.5. The zero-order chi connectivity index (χ0) is 34.1. The predicted octanol–water partition coefficient (Wildman–Crippen LogP) is 3.33. The van der Waals surface area contributed by atoms with Crippen molar-refractivity contribution in [1.82, 2.24) is 10.3 Å². The molecule has 0 aromatic carbocycles. The number of Topliss-reactive ketones (excluding diaryl/α,β-unsaturated/α-hetero) is 2. The van der Waals surface area contributed by atoms with Crippen molar-refractivity contribution >= 4 is 29.1 Å². The van der Waals surface area contributed by atoms with Crippen LogP contribution in [0.4, 0.5) is 4.79 Å². The first-order valence-corrected chi connectivity index (χ1v) is 14.9. The monoisotopic (exact) mass is 637 g/mol. The minimum atomic E-state index is -1.01. The van der Waals surface area contributed by atoms with Crippen LogP contribution in [0.15, 0.2) is 76.9 Å². The Hall–Kier alpha value is -4.39. The number of methoxy groups -OCH3 is 3. The van der Waals surface area contributed by atoms with E-state index in [0.717, 1.165) is 0 Å². The summed E-state index contributed by atoms with van der Waals surface area (Å²) in [5, 5.41) is 14.0. The van der Waals surface area contributed by atoms with Crippen LogP contribution in [0, 0.1) is 11.8 Å². The van der Waals surface area contributed by atoms with Gasteiger partial charge in [-0.05, 0) is 50.3 Å². The lowest BCUT2D eigenvalue weighted by molar-refractivity contribution is -0.120. The van der Waals surface area contributed by atoms with Gasteiger partial charge in [-0.2, -0.15) is 0 Å². The molecule has 2 amide bonds. The number of primary amides is 1. The van der Waals surface area contributed by atoms with E-state index in [2.05, 4.69) is 10.3 Å². The molecule has 6 atom stereocenters. The van der Waals surface area contributed by atoms with E-state index in [4.69, 9.17) is 24.7 Å². The van der Waals surface area contributed by atoms with Gasteiger partial charge in [0.2, 0.25) is 11.6 Å². The van der Waals surface area contributed by atoms with E-state index in [0.29, 0.717) is 12.0 Å². The van der Waals surface area contributed by atoms with Crippen molar-refractivity contribution in [3.63, 3.8) is 0 Å². The molecule has 1 aromatic rings. The molecule has 0 saturated carbocycles. The number of hydrogen-bond donors (Lipinski definition) is 3. The highest BCUT2D eigenvalue weighted by Gasteiger charge is 2.39. The second-order valence-corrected chi connectivity index (χ2v) is 11.5. The molecule has 0 unspecified atom stereocenters. The van der Waals surface area contributed by atoms with Crippen molar-refractivity contribution in [3.8, 4) is 0 Å². The van der Waals surface area contributed by atoms with E-state index < -0.39 is 53.9 Å². The topological polar surface area (TPSA) is 176 Å². The van der Waals surface area contributed by atoms with Gasteiger partial charge >= 0.3 is 6.09 Å². The summed E-state index contributed by atoms with van der Waals surface area (Å²) >= 11 is 0. The number of amides is 2. The average Bonchev–Trinajstić information content (AvgIpc) is 3.02. The summed E-state index contributed by atoms with van der Waals surface area (Å²) in [6.07, 6.45) is 3.82. The number of carbonyl (C=O) groups excluding carboxylic acids is 4. The summed E-state index contributed by atoms with van der Waals surface area (Å²) in [5.41, 5.74) is 6.13. The van der Waals surface area contributed by atoms with Gasteiger partial charge in [0.1, 0.15) is 11.8 Å². The van der Waals surface area contributed by atoms with Crippen LogP contribution in [-0.2, 0) is 33.3 Å². The fourth-order valence-electron chi connectivity index (χ4n) is 5.60. The zero-order valence-corrected chi connectivity index (χ0v) is 27.2. The number of carbonyl (C=O) groups is 4. The normalized spacial score (nSPS) is 30.1. The number of fused-ring (bicyclic) bond motifs is 2. The number of aliphatic hydroxyl groups is 1. The van der Waals surface area contributed by atoms with Gasteiger partial charge < -0.3 is 35.1 Å². The first-order chi connectivity index (χ1) is 21.8. The molecule has 1 aromatic heterocycles. The summed E-state index contributed by atoms with van der Waals surface area (Å²) < 4.78 is 22.1. The quantitative estimate of drug-likeness (QED) is 0.321. The fourth-order valence-corrected chi connectivity index (χ4v) is 5.60. The third-order valence-corrected chi connectivity index (χ3v) is 8.03. The summed E-state index contributed by atoms with van der Waals surface area (Å²) in [7, 11) is 4.21. The summed E-state index contributed by atoms with van der Waals surface area (Å²) in [6.45, 7) is 6.92. The molecule has 3 rings (SSSR count). The molecule has 248 valence electrons. The Bertz CT molecular complexity index is 1480. The summed E-state index contributed by atoms with van der Waals surface area (Å²) in [6, 6.07) is 4.90. The predicted molar refractivity (Wildman–Crippen MR) is 170 cm³/mol. The van der Waals surface area contributed by atoms with Crippen molar-refractivity contribution in [3.05, 3.63) is 82.6 Å². The molecule has 0 saturated heterocycles. The molecule has 1 aliphatic heterocycles. The van der Waals surface area contributed by atoms with E-state index in [1.807, 2.05) is 6.92 Å². The van der Waals surface area contributed by atoms with E-state index in [9.17, 15) is 24.3 Å². The number of rotatable bonds is 5. The maximum absolute atomic E-state index is 14.1. The molecule has 2 aliphatic rings. The van der Waals surface area contributed by atoms with Crippen LogP contribution in [0.5, 0.6) is 0 Å². The van der Waals surface area contributed by atoms with Gasteiger partial charge in [0, 0.05) is 37.5 Å². The minimum absolute atomic E-state index is 0.0899. The Kier molecular flexibility index (Phi) is 12.7. The molecule has 0 fully saturated rings. The molecule has 46 heavy (non-hydrogen) atoms. The van der Waals surface area contributed by atoms with Crippen LogP contribution in [0.1, 0.15) is 46.2 Å². The zero-order valence-electron chi connectivity index (χ0n) is 27.2. The van der Waals surface area contributed by atoms with Crippen LogP contribution in [0.3, 0.4) is 0 Å². The molecule has 0 spiro atoms. The summed E-state index contributed by atoms with van der Waals surface area (Å²) in [4.78, 5) is 57.4. The molecular weight excluding hydrogens is 594 g/mol. The average molecular weight is 638 g/mol. The molecule has 1 aliphatic carbocycles. The van der Waals surface area contributed by atoms with Crippen LogP contribution >= 0.6 is 0 Å². The number of aromatic nitrogens is 1. The molecule has 2 bridgehead atoms. The third-order valence-electron chi connectivity index (χ3n) is 8.03. The lowest BCUT2D eigenvalue weighted by atomic mass is 9.83. The first-order valence-electron chi connectivity index (χ1n) is 14.9. The van der Waals surface area contributed by atoms with Crippen molar-refractivity contribution < 1.29 is 43.2 Å². The smallest absolute Gasteiger partial charge is 0.405 e. The number of allylic oxidation sites excluding steroid dienone is 4. The highest BCUT2D eigenvalue weighted by Crippen LogP contribution is 2.34. The largest absolute Gasteiger partial charge is 0.492 e. The Morgan fingerprint density at radius 2 is 1.78 bits per heavy atom. The van der Waals surface area contributed by atoms with E-state index >= 15 is 0 Å². The molecule has 0 radical (unpaired) electrons. The van der Waals surface area contributed by atoms with Crippen LogP contribution in [-0.4, -0.2) is 79.4 Å². The lowest BCUT2D eigenvalue weighted by Gasteiger charge is -2.30. The number of pyridine rings is 1. The summed E-state index contributed by atoms with van der Waals surface area (Å²) in [5.74, 6) is -2.68. The maximum atomic E-state index is 14.1. The minimum Gasteiger partial charge on any atom is -0.492 e. The number of nitrogens with two attached hydrogens (primary N) is 1. The Morgan fingerprint density at radius 1 is 1.07 bits per heavy atom. The number of ketones is 2. The van der Waals surface area contributed by atoms with Gasteiger partial charge in [0.25, 0.3) is 5.91 Å². The Morgan fingerprint density at radius 3 is 2.37 bits per heavy atom. The Balaban J connectivity index is 2.20. The Labute approximate surface area is 269 Å². The maximum Gasteiger partial charge on any atom is 0.405 e. The van der Waals surface area contributed by atoms with Crippen LogP contribution in [0.25, 0.3) is 5.57 Å². The van der Waals surface area contributed by atoms with Crippen molar-refractivity contribution in [2.24, 2.45) is 17.6 Å². The molecule has 2 heterocycles. The first kappa shape index (κ1) is 36.1. The SMILES string of the molecule is COC1=C2C[C@@H](C)C[C@H](OC)[C@H](O)[C@@H](C)/C=C(/C)[C@H](OC(N)=O)[C@@H](OC)/C=C\C=C(\C)C(=O)NC(=C(c3ccccn3)C1=O)C2=O.